The number of hydrogen-bond acceptors (Lipinski definition) is 6. The number of nitrogens with one attached hydrogen (secondary N) is 1. The summed E-state index contributed by atoms with van der Waals surface area (Å²) in [6.07, 6.45) is 1.70. The van der Waals surface area contributed by atoms with Gasteiger partial charge >= 0.3 is 5.97 Å². The molecule has 1 aliphatic carbocycles. The van der Waals surface area contributed by atoms with E-state index in [1.165, 1.54) is 6.08 Å². The minimum Gasteiger partial charge on any atom is -0.463 e. The largest absolute Gasteiger partial charge is 0.463 e. The number of hydrogen-bond donors (Lipinski definition) is 1. The fraction of sp³-hybridized carbons (Fsp3) is 0.471. The number of benzene rings is 1. The van der Waals surface area contributed by atoms with Gasteiger partial charge in [-0.3, -0.25) is 4.72 Å². The first-order chi connectivity index (χ1) is 13.2. The van der Waals surface area contributed by atoms with E-state index in [0.717, 1.165) is 12.1 Å². The van der Waals surface area contributed by atoms with Crippen LogP contribution in [0.25, 0.3) is 0 Å². The van der Waals surface area contributed by atoms with E-state index in [1.54, 1.807) is 6.92 Å². The highest BCUT2D eigenvalue weighted by molar-refractivity contribution is 9.10. The molecular weight excluding hydrogens is 481 g/mol. The SMILES string of the molecule is CCOC(=O)C1=CC2(CCC1S(=O)(=O)Nc1c(Cl)cc(F)cc1Br)OCCO2. The molecule has 1 aliphatic heterocycles. The summed E-state index contributed by atoms with van der Waals surface area (Å²) < 4.78 is 58.2. The molecule has 1 aromatic rings. The molecule has 7 nitrogen and oxygen atoms in total. The summed E-state index contributed by atoms with van der Waals surface area (Å²) in [6, 6.07) is 2.07. The minimum absolute atomic E-state index is 0.0140. The third kappa shape index (κ3) is 4.35. The van der Waals surface area contributed by atoms with Gasteiger partial charge in [-0.15, -0.1) is 0 Å². The van der Waals surface area contributed by atoms with Gasteiger partial charge in [0.05, 0.1) is 36.1 Å². The number of rotatable bonds is 5. The molecule has 154 valence electrons. The van der Waals surface area contributed by atoms with Crippen LogP contribution in [0.3, 0.4) is 0 Å². The molecule has 2 aliphatic rings. The zero-order valence-corrected chi connectivity index (χ0v) is 18.0. The quantitative estimate of drug-likeness (QED) is 0.626. The summed E-state index contributed by atoms with van der Waals surface area (Å²) in [7, 11) is -4.12. The van der Waals surface area contributed by atoms with E-state index in [-0.39, 0.29) is 40.2 Å². The summed E-state index contributed by atoms with van der Waals surface area (Å²) >= 11 is 9.08. The standard InChI is InChI=1S/C17H18BrClFNO6S/c1-2-25-16(22)11-9-17(26-5-6-27-17)4-3-14(11)28(23,24)21-15-12(18)7-10(20)8-13(15)19/h7-9,14,21H,2-6H2,1H3. The van der Waals surface area contributed by atoms with Crippen LogP contribution in [-0.4, -0.2) is 45.2 Å². The number of esters is 1. The maximum Gasteiger partial charge on any atom is 0.335 e. The zero-order chi connectivity index (χ0) is 20.5. The van der Waals surface area contributed by atoms with Crippen LogP contribution < -0.4 is 4.72 Å². The van der Waals surface area contributed by atoms with Crippen molar-refractivity contribution in [1.82, 2.24) is 0 Å². The second kappa shape index (κ2) is 8.27. The Hall–Kier alpha value is -1.20. The van der Waals surface area contributed by atoms with Crippen molar-refractivity contribution in [2.75, 3.05) is 24.5 Å². The topological polar surface area (TPSA) is 90.9 Å². The van der Waals surface area contributed by atoms with Crippen LogP contribution in [0.4, 0.5) is 10.1 Å². The van der Waals surface area contributed by atoms with Crippen molar-refractivity contribution in [3.8, 4) is 0 Å². The predicted molar refractivity (Wildman–Crippen MR) is 104 cm³/mol. The molecule has 1 N–H and O–H groups in total. The van der Waals surface area contributed by atoms with Crippen molar-refractivity contribution >= 4 is 49.2 Å². The molecule has 3 rings (SSSR count). The second-order valence-electron chi connectivity index (χ2n) is 6.25. The molecule has 1 atom stereocenters. The molecule has 0 aromatic heterocycles. The number of anilines is 1. The van der Waals surface area contributed by atoms with Gasteiger partial charge < -0.3 is 14.2 Å². The number of ether oxygens (including phenoxy) is 3. The lowest BCUT2D eigenvalue weighted by molar-refractivity contribution is -0.143. The Bertz CT molecular complexity index is 893. The predicted octanol–water partition coefficient (Wildman–Crippen LogP) is 3.38. The van der Waals surface area contributed by atoms with E-state index in [4.69, 9.17) is 25.8 Å². The van der Waals surface area contributed by atoms with Crippen LogP contribution in [0.15, 0.2) is 28.3 Å². The minimum atomic E-state index is -4.12. The third-order valence-corrected chi connectivity index (χ3v) is 7.04. The Morgan fingerprint density at radius 1 is 1.43 bits per heavy atom. The van der Waals surface area contributed by atoms with E-state index in [9.17, 15) is 17.6 Å². The average molecular weight is 499 g/mol. The van der Waals surface area contributed by atoms with Crippen molar-refractivity contribution in [2.45, 2.75) is 30.8 Å². The van der Waals surface area contributed by atoms with Crippen molar-refractivity contribution < 1.29 is 31.8 Å². The number of halogens is 3. The lowest BCUT2D eigenvalue weighted by atomic mass is 9.94. The van der Waals surface area contributed by atoms with Crippen LogP contribution in [0.2, 0.25) is 5.02 Å². The molecule has 1 aromatic carbocycles. The Kier molecular flexibility index (Phi) is 6.35. The molecule has 1 fully saturated rings. The first-order valence-corrected chi connectivity index (χ1v) is 11.2. The molecule has 1 saturated heterocycles. The summed E-state index contributed by atoms with van der Waals surface area (Å²) in [5, 5.41) is -1.33. The van der Waals surface area contributed by atoms with Crippen molar-refractivity contribution in [1.29, 1.82) is 0 Å². The van der Waals surface area contributed by atoms with Gasteiger partial charge in [-0.05, 0) is 47.5 Å². The monoisotopic (exact) mass is 497 g/mol. The van der Waals surface area contributed by atoms with Crippen LogP contribution in [0, 0.1) is 5.82 Å². The molecular formula is C17H18BrClFNO6S. The lowest BCUT2D eigenvalue weighted by Crippen LogP contribution is -2.42. The first-order valence-electron chi connectivity index (χ1n) is 8.51. The summed E-state index contributed by atoms with van der Waals surface area (Å²) in [4.78, 5) is 12.4. The van der Waals surface area contributed by atoms with Gasteiger partial charge in [0.15, 0.2) is 5.79 Å². The van der Waals surface area contributed by atoms with Gasteiger partial charge in [0.25, 0.3) is 0 Å². The average Bonchev–Trinajstić information content (AvgIpc) is 3.06. The molecule has 11 heteroatoms. The van der Waals surface area contributed by atoms with Gasteiger partial charge in [0.1, 0.15) is 11.1 Å². The van der Waals surface area contributed by atoms with E-state index >= 15 is 0 Å². The Morgan fingerprint density at radius 2 is 2.11 bits per heavy atom. The molecule has 0 saturated carbocycles. The number of carbonyl (C=O) groups is 1. The fourth-order valence-corrected chi connectivity index (χ4v) is 5.83. The van der Waals surface area contributed by atoms with E-state index in [0.29, 0.717) is 13.2 Å². The molecule has 28 heavy (non-hydrogen) atoms. The maximum absolute atomic E-state index is 13.4. The normalized spacial score (nSPS) is 21.4. The Balaban J connectivity index is 1.96. The van der Waals surface area contributed by atoms with E-state index in [2.05, 4.69) is 20.7 Å². The molecule has 0 radical (unpaired) electrons. The highest BCUT2D eigenvalue weighted by atomic mass is 79.9. The molecule has 1 unspecified atom stereocenters. The summed E-state index contributed by atoms with van der Waals surface area (Å²) in [5.74, 6) is -2.51. The van der Waals surface area contributed by atoms with Crippen molar-refractivity contribution in [3.63, 3.8) is 0 Å². The Morgan fingerprint density at radius 3 is 2.71 bits per heavy atom. The van der Waals surface area contributed by atoms with Gasteiger partial charge in [-0.1, -0.05) is 11.6 Å². The molecule has 0 amide bonds. The maximum atomic E-state index is 13.4. The van der Waals surface area contributed by atoms with E-state index < -0.39 is 32.8 Å². The molecule has 1 spiro atoms. The molecule has 0 bridgehead atoms. The number of carbonyl (C=O) groups excluding carboxylic acids is 1. The highest BCUT2D eigenvalue weighted by Crippen LogP contribution is 2.39. The van der Waals surface area contributed by atoms with Crippen LogP contribution in [-0.2, 0) is 29.0 Å². The summed E-state index contributed by atoms with van der Waals surface area (Å²) in [6.45, 7) is 2.40. The van der Waals surface area contributed by atoms with Crippen molar-refractivity contribution in [3.05, 3.63) is 39.1 Å². The lowest BCUT2D eigenvalue weighted by Gasteiger charge is -2.33. The first kappa shape index (κ1) is 21.5. The zero-order valence-electron chi connectivity index (χ0n) is 14.8. The van der Waals surface area contributed by atoms with Crippen LogP contribution in [0.5, 0.6) is 0 Å². The third-order valence-electron chi connectivity index (χ3n) is 4.39. The van der Waals surface area contributed by atoms with Crippen LogP contribution in [0.1, 0.15) is 19.8 Å². The Labute approximate surface area is 175 Å². The molecule has 1 heterocycles. The van der Waals surface area contributed by atoms with Gasteiger partial charge in [-0.2, -0.15) is 0 Å². The van der Waals surface area contributed by atoms with Gasteiger partial charge in [0, 0.05) is 10.9 Å². The second-order valence-corrected chi connectivity index (χ2v) is 9.37. The van der Waals surface area contributed by atoms with Gasteiger partial charge in [0.2, 0.25) is 10.0 Å². The van der Waals surface area contributed by atoms with Crippen molar-refractivity contribution in [2.24, 2.45) is 0 Å². The van der Waals surface area contributed by atoms with E-state index in [1.807, 2.05) is 0 Å². The van der Waals surface area contributed by atoms with Gasteiger partial charge in [-0.25, -0.2) is 17.6 Å². The highest BCUT2D eigenvalue weighted by Gasteiger charge is 2.46. The summed E-state index contributed by atoms with van der Waals surface area (Å²) in [5.41, 5.74) is -0.0863. The smallest absolute Gasteiger partial charge is 0.335 e. The fourth-order valence-electron chi connectivity index (χ4n) is 3.17. The van der Waals surface area contributed by atoms with Crippen LogP contribution >= 0.6 is 27.5 Å². The number of sulfonamides is 1.